The van der Waals surface area contributed by atoms with Crippen LogP contribution in [0.5, 0.6) is 0 Å². The van der Waals surface area contributed by atoms with Crippen molar-refractivity contribution in [2.75, 3.05) is 0 Å². The van der Waals surface area contributed by atoms with Gasteiger partial charge in [0.2, 0.25) is 0 Å². The largest absolute Gasteiger partial charge is 0.460 e. The van der Waals surface area contributed by atoms with Crippen LogP contribution in [0, 0.1) is 94.7 Å². The summed E-state index contributed by atoms with van der Waals surface area (Å²) >= 11 is 0. The standard InChI is InChI=1S/C32H44O4/c1-31(2,3)35-29(33)27-19-12-20(28(27)30(34)36-32(4,5)6)26-18-11-17(25(19)26)23-15-10-16(24(18)23)22-14-8-7-13(9-14)21(15)22/h7-8,13-28H,9-12H2,1-6H3. The van der Waals surface area contributed by atoms with Crippen LogP contribution >= 0.6 is 0 Å². The predicted octanol–water partition coefficient (Wildman–Crippen LogP) is 5.75. The summed E-state index contributed by atoms with van der Waals surface area (Å²) in [5.41, 5.74) is -1.07. The van der Waals surface area contributed by atoms with E-state index in [-0.39, 0.29) is 23.8 Å². The molecule has 196 valence electrons. The Morgan fingerprint density at radius 3 is 1.25 bits per heavy atom. The molecule has 7 fully saturated rings. The van der Waals surface area contributed by atoms with E-state index in [2.05, 4.69) is 12.2 Å². The van der Waals surface area contributed by atoms with Crippen molar-refractivity contribution in [1.29, 1.82) is 0 Å². The van der Waals surface area contributed by atoms with E-state index >= 15 is 0 Å². The quantitative estimate of drug-likeness (QED) is 0.280. The summed E-state index contributed by atoms with van der Waals surface area (Å²) in [5, 5.41) is 0. The van der Waals surface area contributed by atoms with Crippen LogP contribution in [0.4, 0.5) is 0 Å². The second-order valence-corrected chi connectivity index (χ2v) is 16.2. The second kappa shape index (κ2) is 6.81. The first-order chi connectivity index (χ1) is 16.9. The fourth-order valence-corrected chi connectivity index (χ4v) is 12.9. The molecule has 4 nitrogen and oxygen atoms in total. The van der Waals surface area contributed by atoms with E-state index in [1.54, 1.807) is 0 Å². The topological polar surface area (TPSA) is 52.6 Å². The van der Waals surface area contributed by atoms with E-state index in [1.165, 1.54) is 19.3 Å². The lowest BCUT2D eigenvalue weighted by Crippen LogP contribution is -2.52. The van der Waals surface area contributed by atoms with E-state index in [1.807, 2.05) is 41.5 Å². The smallest absolute Gasteiger partial charge is 0.310 e. The van der Waals surface area contributed by atoms with Crippen molar-refractivity contribution in [1.82, 2.24) is 0 Å². The number of esters is 2. The van der Waals surface area contributed by atoms with Crippen molar-refractivity contribution >= 4 is 11.9 Å². The van der Waals surface area contributed by atoms with Gasteiger partial charge in [0.05, 0.1) is 11.8 Å². The van der Waals surface area contributed by atoms with Crippen molar-refractivity contribution in [2.24, 2.45) is 94.7 Å². The van der Waals surface area contributed by atoms with Crippen molar-refractivity contribution < 1.29 is 19.1 Å². The summed E-state index contributed by atoms with van der Waals surface area (Å²) in [7, 11) is 0. The van der Waals surface area contributed by atoms with Crippen molar-refractivity contribution in [3.63, 3.8) is 0 Å². The molecule has 0 N–H and O–H groups in total. The third kappa shape index (κ3) is 2.73. The fraction of sp³-hybridized carbons (Fsp3) is 0.875. The zero-order chi connectivity index (χ0) is 25.0. The van der Waals surface area contributed by atoms with Gasteiger partial charge in [-0.15, -0.1) is 0 Å². The molecule has 0 aromatic carbocycles. The summed E-state index contributed by atoms with van der Waals surface area (Å²) in [6.07, 6.45) is 10.4. The molecule has 16 unspecified atom stereocenters. The third-order valence-corrected chi connectivity index (χ3v) is 12.7. The number of carbonyl (C=O) groups excluding carboxylic acids is 2. The SMILES string of the molecule is CC(C)(C)OC(=O)C1C2CC(C1C(=O)OC(C)(C)C)C1C3CC(C21)C1C2CC(C4C5C=CC(C5)C24)C31. The van der Waals surface area contributed by atoms with E-state index in [0.717, 1.165) is 65.6 Å². The minimum Gasteiger partial charge on any atom is -0.460 e. The molecule has 0 aromatic heterocycles. The number of hydrogen-bond donors (Lipinski definition) is 0. The highest BCUT2D eigenvalue weighted by Gasteiger charge is 2.78. The number of rotatable bonds is 2. The molecule has 0 spiro atoms. The summed E-state index contributed by atoms with van der Waals surface area (Å²) in [6.45, 7) is 11.7. The van der Waals surface area contributed by atoms with Gasteiger partial charge in [0, 0.05) is 0 Å². The Morgan fingerprint density at radius 2 is 0.861 bits per heavy atom. The van der Waals surface area contributed by atoms with Crippen LogP contribution < -0.4 is 0 Å². The molecule has 0 aliphatic heterocycles. The van der Waals surface area contributed by atoms with Crippen LogP contribution in [-0.2, 0) is 19.1 Å². The molecular formula is C32H44O4. The van der Waals surface area contributed by atoms with Gasteiger partial charge in [-0.25, -0.2) is 0 Å². The lowest BCUT2D eigenvalue weighted by molar-refractivity contribution is -0.180. The highest BCUT2D eigenvalue weighted by atomic mass is 16.6. The molecule has 0 amide bonds. The van der Waals surface area contributed by atoms with Crippen LogP contribution in [0.2, 0.25) is 0 Å². The van der Waals surface area contributed by atoms with Gasteiger partial charge in [0.1, 0.15) is 11.2 Å². The van der Waals surface area contributed by atoms with Crippen LogP contribution in [0.25, 0.3) is 0 Å². The van der Waals surface area contributed by atoms with Gasteiger partial charge >= 0.3 is 11.9 Å². The minimum atomic E-state index is -0.536. The number of allylic oxidation sites excluding steroid dienone is 2. The van der Waals surface area contributed by atoms with E-state index in [9.17, 15) is 9.59 Å². The molecule has 16 atom stereocenters. The normalized spacial score (nSPS) is 56.3. The van der Waals surface area contributed by atoms with Crippen molar-refractivity contribution in [2.45, 2.75) is 78.4 Å². The van der Waals surface area contributed by atoms with Crippen molar-refractivity contribution in [3.8, 4) is 0 Å². The minimum absolute atomic E-state index is 0.144. The lowest BCUT2D eigenvalue weighted by atomic mass is 9.53. The molecule has 7 saturated carbocycles. The maximum Gasteiger partial charge on any atom is 0.310 e. The van der Waals surface area contributed by atoms with Gasteiger partial charge in [-0.1, -0.05) is 12.2 Å². The molecule has 0 radical (unpaired) electrons. The first-order valence-corrected chi connectivity index (χ1v) is 15.1. The maximum atomic E-state index is 13.7. The third-order valence-electron chi connectivity index (χ3n) is 12.7. The Labute approximate surface area is 216 Å². The monoisotopic (exact) mass is 492 g/mol. The lowest BCUT2D eigenvalue weighted by Gasteiger charge is -2.51. The molecule has 0 saturated heterocycles. The van der Waals surface area contributed by atoms with Gasteiger partial charge in [0.15, 0.2) is 0 Å². The molecule has 8 aliphatic carbocycles. The van der Waals surface area contributed by atoms with E-state index in [4.69, 9.17) is 9.47 Å². The Kier molecular flexibility index (Phi) is 4.28. The molecule has 4 heteroatoms. The summed E-state index contributed by atoms with van der Waals surface area (Å²) in [6, 6.07) is 0. The van der Waals surface area contributed by atoms with Crippen molar-refractivity contribution in [3.05, 3.63) is 12.2 Å². The Bertz CT molecular complexity index is 967. The molecular weight excluding hydrogens is 448 g/mol. The van der Waals surface area contributed by atoms with Crippen LogP contribution in [0.15, 0.2) is 12.2 Å². The highest BCUT2D eigenvalue weighted by molar-refractivity contribution is 5.84. The van der Waals surface area contributed by atoms with Gasteiger partial charge < -0.3 is 9.47 Å². The Morgan fingerprint density at radius 1 is 0.528 bits per heavy atom. The van der Waals surface area contributed by atoms with Crippen LogP contribution in [0.3, 0.4) is 0 Å². The van der Waals surface area contributed by atoms with Gasteiger partial charge in [0.25, 0.3) is 0 Å². The van der Waals surface area contributed by atoms with Crippen LogP contribution in [-0.4, -0.2) is 23.1 Å². The molecule has 0 heterocycles. The number of carbonyl (C=O) groups is 2. The average molecular weight is 493 g/mol. The Hall–Kier alpha value is -1.32. The van der Waals surface area contributed by atoms with E-state index in [0.29, 0.717) is 23.7 Å². The fourth-order valence-electron chi connectivity index (χ4n) is 12.9. The van der Waals surface area contributed by atoms with E-state index < -0.39 is 11.2 Å². The van der Waals surface area contributed by atoms with Gasteiger partial charge in [-0.05, 0) is 150 Å². The molecule has 36 heavy (non-hydrogen) atoms. The number of ether oxygens (including phenoxy) is 2. The molecule has 8 aliphatic rings. The first-order valence-electron chi connectivity index (χ1n) is 15.1. The first kappa shape index (κ1) is 22.6. The summed E-state index contributed by atoms with van der Waals surface area (Å²) < 4.78 is 12.0. The second-order valence-electron chi connectivity index (χ2n) is 16.2. The highest BCUT2D eigenvalue weighted by Crippen LogP contribution is 2.81. The Balaban J connectivity index is 1.13. The zero-order valence-electron chi connectivity index (χ0n) is 22.9. The van der Waals surface area contributed by atoms with Gasteiger partial charge in [-0.3, -0.25) is 9.59 Å². The zero-order valence-corrected chi connectivity index (χ0v) is 22.9. The van der Waals surface area contributed by atoms with Crippen LogP contribution in [0.1, 0.15) is 67.2 Å². The maximum absolute atomic E-state index is 13.7. The molecule has 0 aromatic rings. The number of fused-ring (bicyclic) bond motifs is 23. The summed E-state index contributed by atoms with van der Waals surface area (Å²) in [4.78, 5) is 27.4. The average Bonchev–Trinajstić information content (AvgIpc) is 3.57. The predicted molar refractivity (Wildman–Crippen MR) is 135 cm³/mol. The number of hydrogen-bond acceptors (Lipinski definition) is 4. The summed E-state index contributed by atoms with van der Waals surface area (Å²) in [5.74, 6) is 9.79. The molecule has 8 rings (SSSR count). The van der Waals surface area contributed by atoms with Gasteiger partial charge in [-0.2, -0.15) is 0 Å². The molecule has 8 bridgehead atoms.